The molecule has 0 radical (unpaired) electrons. The standard InChI is InChI=1S/C13H9ClN2O/c14-11-3-1-10(2-4-11)9-17-13-6-5-12(7-15)16-8-13/h1-6,8H,9H2. The lowest BCUT2D eigenvalue weighted by atomic mass is 10.2. The van der Waals surface area contributed by atoms with Crippen LogP contribution in [0.1, 0.15) is 11.3 Å². The van der Waals surface area contributed by atoms with Crippen molar-refractivity contribution in [1.82, 2.24) is 4.98 Å². The molecule has 0 aliphatic carbocycles. The van der Waals surface area contributed by atoms with E-state index in [2.05, 4.69) is 4.98 Å². The molecule has 0 amide bonds. The molecule has 3 nitrogen and oxygen atoms in total. The van der Waals surface area contributed by atoms with Crippen LogP contribution in [0.25, 0.3) is 0 Å². The molecule has 0 N–H and O–H groups in total. The molecule has 0 spiro atoms. The highest BCUT2D eigenvalue weighted by molar-refractivity contribution is 6.30. The number of ether oxygens (including phenoxy) is 1. The molecule has 0 aliphatic heterocycles. The van der Waals surface area contributed by atoms with Gasteiger partial charge in [0.1, 0.15) is 24.1 Å². The van der Waals surface area contributed by atoms with E-state index in [0.717, 1.165) is 5.56 Å². The zero-order valence-corrected chi connectivity index (χ0v) is 9.69. The lowest BCUT2D eigenvalue weighted by molar-refractivity contribution is 0.305. The topological polar surface area (TPSA) is 45.9 Å². The molecule has 0 saturated heterocycles. The van der Waals surface area contributed by atoms with Gasteiger partial charge in [-0.05, 0) is 29.8 Å². The fourth-order valence-corrected chi connectivity index (χ4v) is 1.41. The van der Waals surface area contributed by atoms with Gasteiger partial charge in [-0.25, -0.2) is 4.98 Å². The van der Waals surface area contributed by atoms with Crippen molar-refractivity contribution in [2.24, 2.45) is 0 Å². The predicted molar refractivity (Wildman–Crippen MR) is 64.7 cm³/mol. The SMILES string of the molecule is N#Cc1ccc(OCc2ccc(Cl)cc2)cn1. The van der Waals surface area contributed by atoms with Gasteiger partial charge in [0.25, 0.3) is 0 Å². The molecule has 0 fully saturated rings. The van der Waals surface area contributed by atoms with E-state index in [0.29, 0.717) is 23.1 Å². The summed E-state index contributed by atoms with van der Waals surface area (Å²) in [5, 5.41) is 9.30. The Morgan fingerprint density at radius 2 is 1.94 bits per heavy atom. The number of halogens is 1. The molecule has 0 aliphatic rings. The monoisotopic (exact) mass is 244 g/mol. The van der Waals surface area contributed by atoms with Crippen LogP contribution in [0, 0.1) is 11.3 Å². The van der Waals surface area contributed by atoms with E-state index in [1.807, 2.05) is 30.3 Å². The van der Waals surface area contributed by atoms with Gasteiger partial charge in [-0.2, -0.15) is 5.26 Å². The van der Waals surface area contributed by atoms with Crippen molar-refractivity contribution >= 4 is 11.6 Å². The molecule has 4 heteroatoms. The highest BCUT2D eigenvalue weighted by Gasteiger charge is 1.97. The van der Waals surface area contributed by atoms with Gasteiger partial charge in [0.2, 0.25) is 0 Å². The Labute approximate surface area is 104 Å². The van der Waals surface area contributed by atoms with Crippen LogP contribution in [-0.2, 0) is 6.61 Å². The summed E-state index contributed by atoms with van der Waals surface area (Å²) in [6, 6.07) is 12.7. The number of nitrogens with zero attached hydrogens (tertiary/aromatic N) is 2. The summed E-state index contributed by atoms with van der Waals surface area (Å²) in [6.45, 7) is 0.449. The fraction of sp³-hybridized carbons (Fsp3) is 0.0769. The highest BCUT2D eigenvalue weighted by Crippen LogP contribution is 2.13. The Morgan fingerprint density at radius 3 is 2.53 bits per heavy atom. The van der Waals surface area contributed by atoms with Gasteiger partial charge in [-0.1, -0.05) is 23.7 Å². The maximum absolute atomic E-state index is 8.60. The Morgan fingerprint density at radius 1 is 1.18 bits per heavy atom. The lowest BCUT2D eigenvalue weighted by Crippen LogP contribution is -1.95. The van der Waals surface area contributed by atoms with Gasteiger partial charge < -0.3 is 4.74 Å². The van der Waals surface area contributed by atoms with Gasteiger partial charge in [0.15, 0.2) is 0 Å². The Balaban J connectivity index is 1.98. The van der Waals surface area contributed by atoms with E-state index in [9.17, 15) is 0 Å². The minimum absolute atomic E-state index is 0.379. The molecule has 17 heavy (non-hydrogen) atoms. The third-order valence-corrected chi connectivity index (χ3v) is 2.42. The first-order valence-electron chi connectivity index (χ1n) is 5.01. The van der Waals surface area contributed by atoms with Crippen molar-refractivity contribution < 1.29 is 4.74 Å². The van der Waals surface area contributed by atoms with E-state index in [4.69, 9.17) is 21.6 Å². The Bertz CT molecular complexity index is 529. The normalized spacial score (nSPS) is 9.65. The van der Waals surface area contributed by atoms with E-state index < -0.39 is 0 Å². The first-order valence-corrected chi connectivity index (χ1v) is 5.39. The molecule has 0 bridgehead atoms. The van der Waals surface area contributed by atoms with Crippen molar-refractivity contribution in [2.75, 3.05) is 0 Å². The summed E-state index contributed by atoms with van der Waals surface area (Å²) in [4.78, 5) is 3.92. The quantitative estimate of drug-likeness (QED) is 0.833. The molecule has 1 heterocycles. The maximum Gasteiger partial charge on any atom is 0.140 e. The molecule has 1 aromatic carbocycles. The van der Waals surface area contributed by atoms with E-state index in [1.165, 1.54) is 6.20 Å². The first-order chi connectivity index (χ1) is 8.28. The largest absolute Gasteiger partial charge is 0.487 e. The van der Waals surface area contributed by atoms with Gasteiger partial charge in [-0.3, -0.25) is 0 Å². The van der Waals surface area contributed by atoms with E-state index in [-0.39, 0.29) is 0 Å². The molecular weight excluding hydrogens is 236 g/mol. The third kappa shape index (κ3) is 3.20. The van der Waals surface area contributed by atoms with Crippen LogP contribution in [0.4, 0.5) is 0 Å². The minimum Gasteiger partial charge on any atom is -0.487 e. The molecular formula is C13H9ClN2O. The summed E-state index contributed by atoms with van der Waals surface area (Å²) in [7, 11) is 0. The molecule has 1 aromatic heterocycles. The van der Waals surface area contributed by atoms with E-state index >= 15 is 0 Å². The molecule has 0 atom stereocenters. The Kier molecular flexibility index (Phi) is 3.59. The molecule has 84 valence electrons. The number of pyridine rings is 1. The Hall–Kier alpha value is -2.05. The van der Waals surface area contributed by atoms with Crippen molar-refractivity contribution in [3.8, 4) is 11.8 Å². The van der Waals surface area contributed by atoms with Crippen LogP contribution >= 0.6 is 11.6 Å². The van der Waals surface area contributed by atoms with Crippen molar-refractivity contribution in [3.05, 3.63) is 58.9 Å². The second kappa shape index (κ2) is 5.33. The van der Waals surface area contributed by atoms with E-state index in [1.54, 1.807) is 12.1 Å². The first kappa shape index (κ1) is 11.4. The van der Waals surface area contributed by atoms with Gasteiger partial charge in [0, 0.05) is 5.02 Å². The van der Waals surface area contributed by atoms with Crippen molar-refractivity contribution in [2.45, 2.75) is 6.61 Å². The van der Waals surface area contributed by atoms with Crippen LogP contribution in [-0.4, -0.2) is 4.98 Å². The highest BCUT2D eigenvalue weighted by atomic mass is 35.5. The van der Waals surface area contributed by atoms with Crippen LogP contribution < -0.4 is 4.74 Å². The lowest BCUT2D eigenvalue weighted by Gasteiger charge is -2.05. The summed E-state index contributed by atoms with van der Waals surface area (Å²) < 4.78 is 5.52. The van der Waals surface area contributed by atoms with Crippen LogP contribution in [0.2, 0.25) is 5.02 Å². The number of benzene rings is 1. The van der Waals surface area contributed by atoms with Gasteiger partial charge in [-0.15, -0.1) is 0 Å². The van der Waals surface area contributed by atoms with Crippen molar-refractivity contribution in [1.29, 1.82) is 5.26 Å². The summed E-state index contributed by atoms with van der Waals surface area (Å²) in [5.74, 6) is 0.638. The fourth-order valence-electron chi connectivity index (χ4n) is 1.28. The van der Waals surface area contributed by atoms with Gasteiger partial charge >= 0.3 is 0 Å². The predicted octanol–water partition coefficient (Wildman–Crippen LogP) is 3.19. The average molecular weight is 245 g/mol. The van der Waals surface area contributed by atoms with Gasteiger partial charge in [0.05, 0.1) is 6.20 Å². The zero-order chi connectivity index (χ0) is 12.1. The number of hydrogen-bond donors (Lipinski definition) is 0. The molecule has 0 saturated carbocycles. The second-order valence-electron chi connectivity index (χ2n) is 3.41. The third-order valence-electron chi connectivity index (χ3n) is 2.17. The molecule has 0 unspecified atom stereocenters. The summed E-state index contributed by atoms with van der Waals surface area (Å²) in [5.41, 5.74) is 1.41. The number of rotatable bonds is 3. The van der Waals surface area contributed by atoms with Crippen LogP contribution in [0.3, 0.4) is 0 Å². The molecule has 2 rings (SSSR count). The summed E-state index contributed by atoms with van der Waals surface area (Å²) in [6.07, 6.45) is 1.54. The average Bonchev–Trinajstić information content (AvgIpc) is 2.39. The second-order valence-corrected chi connectivity index (χ2v) is 3.84. The summed E-state index contributed by atoms with van der Waals surface area (Å²) >= 11 is 5.78. The van der Waals surface area contributed by atoms with Crippen molar-refractivity contribution in [3.63, 3.8) is 0 Å². The van der Waals surface area contributed by atoms with Crippen LogP contribution in [0.15, 0.2) is 42.6 Å². The number of aromatic nitrogens is 1. The number of hydrogen-bond acceptors (Lipinski definition) is 3. The number of nitriles is 1. The zero-order valence-electron chi connectivity index (χ0n) is 8.93. The minimum atomic E-state index is 0.379. The molecule has 2 aromatic rings. The maximum atomic E-state index is 8.60. The smallest absolute Gasteiger partial charge is 0.140 e. The van der Waals surface area contributed by atoms with Crippen LogP contribution in [0.5, 0.6) is 5.75 Å².